The lowest BCUT2D eigenvalue weighted by atomic mass is 10.2. The summed E-state index contributed by atoms with van der Waals surface area (Å²) in [6.07, 6.45) is -2.14. The molecular formula is C15H16N2O6S. The summed E-state index contributed by atoms with van der Waals surface area (Å²) in [6.45, 7) is 1.00. The lowest BCUT2D eigenvalue weighted by molar-refractivity contribution is -0.153. The number of carbonyl (C=O) groups is 4. The maximum atomic E-state index is 12.1. The van der Waals surface area contributed by atoms with Crippen LogP contribution in [-0.2, 0) is 23.9 Å². The Labute approximate surface area is 142 Å². The first-order valence-electron chi connectivity index (χ1n) is 7.03. The Morgan fingerprint density at radius 3 is 2.75 bits per heavy atom. The van der Waals surface area contributed by atoms with Crippen molar-refractivity contribution in [2.45, 2.75) is 17.9 Å². The number of hydrogen-bond acceptors (Lipinski definition) is 7. The van der Waals surface area contributed by atoms with Gasteiger partial charge in [-0.1, -0.05) is 12.1 Å². The fourth-order valence-corrected chi connectivity index (χ4v) is 2.93. The van der Waals surface area contributed by atoms with Gasteiger partial charge in [0.1, 0.15) is 6.54 Å². The molecule has 1 aliphatic heterocycles. The molecule has 3 amide bonds. The van der Waals surface area contributed by atoms with Crippen LogP contribution in [0.3, 0.4) is 0 Å². The summed E-state index contributed by atoms with van der Waals surface area (Å²) < 4.78 is 9.25. The van der Waals surface area contributed by atoms with Crippen molar-refractivity contribution in [3.05, 3.63) is 24.3 Å². The first-order chi connectivity index (χ1) is 11.4. The summed E-state index contributed by atoms with van der Waals surface area (Å²) in [6, 6.07) is 7.21. The van der Waals surface area contributed by atoms with E-state index in [9.17, 15) is 19.2 Å². The number of thioether (sulfide) groups is 1. The SMILES string of the molecule is COC(=O)NC(=O)[C@H](C)OC(=O)CN1C(=O)CSc2ccccc21. The average Bonchev–Trinajstić information content (AvgIpc) is 2.57. The Morgan fingerprint density at radius 2 is 2.04 bits per heavy atom. The smallest absolute Gasteiger partial charge is 0.413 e. The third-order valence-corrected chi connectivity index (χ3v) is 4.23. The Bertz CT molecular complexity index is 678. The predicted octanol–water partition coefficient (Wildman–Crippen LogP) is 0.940. The van der Waals surface area contributed by atoms with E-state index in [0.717, 1.165) is 12.0 Å². The first kappa shape index (κ1) is 17.8. The van der Waals surface area contributed by atoms with Crippen molar-refractivity contribution in [2.75, 3.05) is 24.3 Å². The van der Waals surface area contributed by atoms with Crippen LogP contribution in [0.1, 0.15) is 6.92 Å². The van der Waals surface area contributed by atoms with E-state index < -0.39 is 24.1 Å². The normalized spacial score (nSPS) is 14.4. The van der Waals surface area contributed by atoms with Gasteiger partial charge < -0.3 is 9.47 Å². The van der Waals surface area contributed by atoms with Crippen molar-refractivity contribution in [1.29, 1.82) is 0 Å². The lowest BCUT2D eigenvalue weighted by Crippen LogP contribution is -2.43. The van der Waals surface area contributed by atoms with Gasteiger partial charge in [-0.05, 0) is 19.1 Å². The number of fused-ring (bicyclic) bond motifs is 1. The second-order valence-electron chi connectivity index (χ2n) is 4.85. The summed E-state index contributed by atoms with van der Waals surface area (Å²) in [5.41, 5.74) is 0.627. The fourth-order valence-electron chi connectivity index (χ4n) is 2.00. The molecule has 1 atom stereocenters. The molecule has 0 saturated heterocycles. The summed E-state index contributed by atoms with van der Waals surface area (Å²) in [5, 5.41) is 1.90. The molecule has 1 aromatic rings. The molecule has 1 N–H and O–H groups in total. The molecule has 0 aliphatic carbocycles. The van der Waals surface area contributed by atoms with Crippen molar-refractivity contribution in [2.24, 2.45) is 0 Å². The first-order valence-corrected chi connectivity index (χ1v) is 8.01. The minimum atomic E-state index is -1.19. The highest BCUT2D eigenvalue weighted by atomic mass is 32.2. The Morgan fingerprint density at radius 1 is 1.33 bits per heavy atom. The number of alkyl carbamates (subject to hydrolysis) is 1. The van der Waals surface area contributed by atoms with Crippen LogP contribution >= 0.6 is 11.8 Å². The molecule has 0 spiro atoms. The van der Waals surface area contributed by atoms with Gasteiger partial charge in [-0.2, -0.15) is 0 Å². The van der Waals surface area contributed by atoms with E-state index in [1.807, 2.05) is 17.4 Å². The van der Waals surface area contributed by atoms with Crippen LogP contribution < -0.4 is 10.2 Å². The van der Waals surface area contributed by atoms with E-state index in [0.29, 0.717) is 5.69 Å². The second kappa shape index (κ2) is 7.82. The fraction of sp³-hybridized carbons (Fsp3) is 0.333. The highest BCUT2D eigenvalue weighted by Gasteiger charge is 2.28. The van der Waals surface area contributed by atoms with Crippen LogP contribution in [0.25, 0.3) is 0 Å². The zero-order valence-corrected chi connectivity index (χ0v) is 13.9. The van der Waals surface area contributed by atoms with E-state index in [1.165, 1.54) is 23.6 Å². The maximum Gasteiger partial charge on any atom is 0.413 e. The van der Waals surface area contributed by atoms with Crippen LogP contribution in [0, 0.1) is 0 Å². The third kappa shape index (κ3) is 4.25. The molecule has 0 saturated carbocycles. The van der Waals surface area contributed by atoms with E-state index in [4.69, 9.17) is 4.74 Å². The van der Waals surface area contributed by atoms with Gasteiger partial charge in [0.15, 0.2) is 6.10 Å². The highest BCUT2D eigenvalue weighted by Crippen LogP contribution is 2.34. The van der Waals surface area contributed by atoms with Gasteiger partial charge in [-0.15, -0.1) is 11.8 Å². The lowest BCUT2D eigenvalue weighted by Gasteiger charge is -2.28. The van der Waals surface area contributed by atoms with Crippen LogP contribution in [0.15, 0.2) is 29.2 Å². The molecule has 24 heavy (non-hydrogen) atoms. The number of para-hydroxylation sites is 1. The Balaban J connectivity index is 1.98. The van der Waals surface area contributed by atoms with Gasteiger partial charge in [0.2, 0.25) is 5.91 Å². The van der Waals surface area contributed by atoms with Gasteiger partial charge in [-0.3, -0.25) is 24.6 Å². The topological polar surface area (TPSA) is 102 Å². The number of methoxy groups -OCH3 is 1. The number of amides is 3. The maximum absolute atomic E-state index is 12.1. The van der Waals surface area contributed by atoms with Crippen LogP contribution in [0.2, 0.25) is 0 Å². The number of benzene rings is 1. The molecule has 1 aliphatic rings. The van der Waals surface area contributed by atoms with Crippen LogP contribution in [0.5, 0.6) is 0 Å². The molecule has 9 heteroatoms. The Kier molecular flexibility index (Phi) is 5.80. The molecule has 0 radical (unpaired) electrons. The summed E-state index contributed by atoms with van der Waals surface area (Å²) >= 11 is 1.40. The zero-order valence-electron chi connectivity index (χ0n) is 13.1. The monoisotopic (exact) mass is 352 g/mol. The van der Waals surface area contributed by atoms with E-state index >= 15 is 0 Å². The van der Waals surface area contributed by atoms with Gasteiger partial charge in [0.05, 0.1) is 18.6 Å². The van der Waals surface area contributed by atoms with Crippen molar-refractivity contribution < 1.29 is 28.7 Å². The van der Waals surface area contributed by atoms with Crippen molar-refractivity contribution in [3.63, 3.8) is 0 Å². The molecule has 1 aromatic carbocycles. The molecule has 0 fully saturated rings. The highest BCUT2D eigenvalue weighted by molar-refractivity contribution is 8.00. The summed E-state index contributed by atoms with van der Waals surface area (Å²) in [4.78, 5) is 48.9. The molecule has 1 heterocycles. The number of rotatable bonds is 4. The summed E-state index contributed by atoms with van der Waals surface area (Å²) in [7, 11) is 1.11. The standard InChI is InChI=1S/C15H16N2O6S/c1-9(14(20)16-15(21)22-2)23-13(19)7-17-10-5-3-4-6-11(10)24-8-12(17)18/h3-6,9H,7-8H2,1-2H3,(H,16,20,21)/t9-/m0/s1. The predicted molar refractivity (Wildman–Crippen MR) is 85.6 cm³/mol. The molecule has 2 rings (SSSR count). The molecule has 8 nitrogen and oxygen atoms in total. The van der Waals surface area contributed by atoms with Gasteiger partial charge in [0, 0.05) is 4.90 Å². The Hall–Kier alpha value is -2.55. The number of imide groups is 1. The summed E-state index contributed by atoms with van der Waals surface area (Å²) in [5.74, 6) is -1.56. The average molecular weight is 352 g/mol. The van der Waals surface area contributed by atoms with Gasteiger partial charge in [0.25, 0.3) is 5.91 Å². The van der Waals surface area contributed by atoms with Crippen molar-refractivity contribution in [3.8, 4) is 0 Å². The molecule has 0 aromatic heterocycles. The van der Waals surface area contributed by atoms with E-state index in [-0.39, 0.29) is 18.2 Å². The molecule has 0 unspecified atom stereocenters. The number of carbonyl (C=O) groups excluding carboxylic acids is 4. The molecule has 128 valence electrons. The van der Waals surface area contributed by atoms with Gasteiger partial charge in [-0.25, -0.2) is 4.79 Å². The number of anilines is 1. The van der Waals surface area contributed by atoms with Gasteiger partial charge >= 0.3 is 12.1 Å². The van der Waals surface area contributed by atoms with E-state index in [1.54, 1.807) is 12.1 Å². The van der Waals surface area contributed by atoms with Crippen LogP contribution in [0.4, 0.5) is 10.5 Å². The quantitative estimate of drug-likeness (QED) is 0.805. The number of nitrogens with zero attached hydrogens (tertiary/aromatic N) is 1. The number of nitrogens with one attached hydrogen (secondary N) is 1. The molecule has 0 bridgehead atoms. The largest absolute Gasteiger partial charge is 0.453 e. The number of hydrogen-bond donors (Lipinski definition) is 1. The minimum Gasteiger partial charge on any atom is -0.453 e. The minimum absolute atomic E-state index is 0.220. The van der Waals surface area contributed by atoms with Crippen molar-refractivity contribution in [1.82, 2.24) is 5.32 Å². The second-order valence-corrected chi connectivity index (χ2v) is 5.87. The number of esters is 1. The van der Waals surface area contributed by atoms with Crippen molar-refractivity contribution >= 4 is 41.3 Å². The zero-order chi connectivity index (χ0) is 17.7. The van der Waals surface area contributed by atoms with Crippen LogP contribution in [-0.4, -0.2) is 49.4 Å². The third-order valence-electron chi connectivity index (χ3n) is 3.18. The molecular weight excluding hydrogens is 336 g/mol. The number of ether oxygens (including phenoxy) is 2. The van der Waals surface area contributed by atoms with E-state index in [2.05, 4.69) is 4.74 Å².